The second kappa shape index (κ2) is 7.21. The van der Waals surface area contributed by atoms with Gasteiger partial charge in [-0.1, -0.05) is 31.9 Å². The van der Waals surface area contributed by atoms with Gasteiger partial charge < -0.3 is 15.7 Å². The number of carboxylic acids is 1. The van der Waals surface area contributed by atoms with Gasteiger partial charge in [0, 0.05) is 6.07 Å². The summed E-state index contributed by atoms with van der Waals surface area (Å²) in [7, 11) is 0. The van der Waals surface area contributed by atoms with Gasteiger partial charge in [-0.25, -0.2) is 18.4 Å². The third kappa shape index (κ3) is 4.56. The summed E-state index contributed by atoms with van der Waals surface area (Å²) in [5.41, 5.74) is -0.413. The number of hydrogen-bond acceptors (Lipinski definition) is 2. The van der Waals surface area contributed by atoms with Crippen LogP contribution in [-0.4, -0.2) is 23.1 Å². The van der Waals surface area contributed by atoms with Crippen LogP contribution in [0.1, 0.15) is 20.3 Å². The monoisotopic (exact) mass is 320 g/mol. The van der Waals surface area contributed by atoms with Crippen LogP contribution >= 0.6 is 11.6 Å². The Morgan fingerprint density at radius 2 is 2.00 bits per heavy atom. The lowest BCUT2D eigenvalue weighted by atomic mass is 9.99. The summed E-state index contributed by atoms with van der Waals surface area (Å²) in [6, 6.07) is -0.665. The topological polar surface area (TPSA) is 78.4 Å². The molecule has 2 amide bonds. The Morgan fingerprint density at radius 1 is 1.38 bits per heavy atom. The predicted molar refractivity (Wildman–Crippen MR) is 74.4 cm³/mol. The van der Waals surface area contributed by atoms with E-state index in [0.29, 0.717) is 12.5 Å². The summed E-state index contributed by atoms with van der Waals surface area (Å²) >= 11 is 5.63. The van der Waals surface area contributed by atoms with E-state index < -0.39 is 35.4 Å². The summed E-state index contributed by atoms with van der Waals surface area (Å²) < 4.78 is 26.4. The van der Waals surface area contributed by atoms with Crippen molar-refractivity contribution in [1.82, 2.24) is 5.32 Å². The molecule has 5 nitrogen and oxygen atoms in total. The minimum absolute atomic E-state index is 0.318. The summed E-state index contributed by atoms with van der Waals surface area (Å²) in [6.45, 7) is 3.43. The van der Waals surface area contributed by atoms with Crippen molar-refractivity contribution < 1.29 is 23.5 Å². The van der Waals surface area contributed by atoms with Crippen molar-refractivity contribution in [3.8, 4) is 0 Å². The molecule has 116 valence electrons. The lowest BCUT2D eigenvalue weighted by molar-refractivity contribution is -0.140. The van der Waals surface area contributed by atoms with E-state index in [2.05, 4.69) is 10.6 Å². The molecule has 1 unspecified atom stereocenters. The molecule has 0 heterocycles. The van der Waals surface area contributed by atoms with Crippen LogP contribution in [0.15, 0.2) is 12.1 Å². The molecule has 8 heteroatoms. The zero-order chi connectivity index (χ0) is 16.2. The average molecular weight is 321 g/mol. The van der Waals surface area contributed by atoms with Crippen molar-refractivity contribution in [2.45, 2.75) is 26.3 Å². The van der Waals surface area contributed by atoms with Gasteiger partial charge in [0.2, 0.25) is 0 Å². The number of rotatable bonds is 5. The molecule has 21 heavy (non-hydrogen) atoms. The number of carbonyl (C=O) groups excluding carboxylic acids is 1. The van der Waals surface area contributed by atoms with E-state index in [1.807, 2.05) is 0 Å². The molecule has 1 rings (SSSR count). The SMILES string of the molecule is CCC(C)[C@H](NC(=O)Nc1c(F)cc(F)cc1Cl)C(=O)O. The maximum absolute atomic E-state index is 13.5. The minimum Gasteiger partial charge on any atom is -0.480 e. The maximum Gasteiger partial charge on any atom is 0.326 e. The number of halogens is 3. The molecule has 3 N–H and O–H groups in total. The lowest BCUT2D eigenvalue weighted by Gasteiger charge is -2.20. The number of anilines is 1. The Bertz CT molecular complexity index is 531. The van der Waals surface area contributed by atoms with Crippen LogP contribution in [0.2, 0.25) is 5.02 Å². The Balaban J connectivity index is 2.84. The van der Waals surface area contributed by atoms with Crippen molar-refractivity contribution in [3.05, 3.63) is 28.8 Å². The first-order chi connectivity index (χ1) is 9.76. The predicted octanol–water partition coefficient (Wildman–Crippen LogP) is 3.24. The molecule has 0 saturated carbocycles. The van der Waals surface area contributed by atoms with E-state index in [4.69, 9.17) is 16.7 Å². The number of nitrogens with one attached hydrogen (secondary N) is 2. The zero-order valence-corrected chi connectivity index (χ0v) is 12.2. The standard InChI is InChI=1S/C13H15ClF2N2O3/c1-3-6(2)10(12(19)20)17-13(21)18-11-8(14)4-7(15)5-9(11)16/h4-6,10H,3H2,1-2H3,(H,19,20)(H2,17,18,21)/t6?,10-/m0/s1. The van der Waals surface area contributed by atoms with Gasteiger partial charge in [0.25, 0.3) is 0 Å². The van der Waals surface area contributed by atoms with Crippen molar-refractivity contribution in [2.24, 2.45) is 5.92 Å². The summed E-state index contributed by atoms with van der Waals surface area (Å²) in [6.07, 6.45) is 0.531. The fourth-order valence-corrected chi connectivity index (χ4v) is 1.88. The number of hydrogen-bond donors (Lipinski definition) is 3. The zero-order valence-electron chi connectivity index (χ0n) is 11.4. The van der Waals surface area contributed by atoms with Gasteiger partial charge in [0.05, 0.1) is 10.7 Å². The normalized spacial score (nSPS) is 13.4. The lowest BCUT2D eigenvalue weighted by Crippen LogP contribution is -2.46. The first-order valence-corrected chi connectivity index (χ1v) is 6.58. The molecule has 0 spiro atoms. The summed E-state index contributed by atoms with van der Waals surface area (Å²) in [4.78, 5) is 22.8. The molecular formula is C13H15ClF2N2O3. The van der Waals surface area contributed by atoms with Crippen LogP contribution in [0.4, 0.5) is 19.3 Å². The number of aliphatic carboxylic acids is 1. The van der Waals surface area contributed by atoms with Crippen LogP contribution in [0.5, 0.6) is 0 Å². The van der Waals surface area contributed by atoms with Gasteiger partial charge in [-0.15, -0.1) is 0 Å². The molecule has 0 saturated heterocycles. The van der Waals surface area contributed by atoms with Gasteiger partial charge in [-0.05, 0) is 12.0 Å². The fraction of sp³-hybridized carbons (Fsp3) is 0.385. The van der Waals surface area contributed by atoms with E-state index >= 15 is 0 Å². The van der Waals surface area contributed by atoms with Crippen molar-refractivity contribution >= 4 is 29.3 Å². The summed E-state index contributed by atoms with van der Waals surface area (Å²) in [5, 5.41) is 13.0. The van der Waals surface area contributed by atoms with Crippen molar-refractivity contribution in [2.75, 3.05) is 5.32 Å². The Hall–Kier alpha value is -1.89. The molecule has 0 aliphatic carbocycles. The van der Waals surface area contributed by atoms with Crippen LogP contribution in [0, 0.1) is 17.6 Å². The molecule has 1 aromatic rings. The molecular weight excluding hydrogens is 306 g/mol. The number of urea groups is 1. The van der Waals surface area contributed by atoms with Crippen LogP contribution in [0.3, 0.4) is 0 Å². The second-order valence-electron chi connectivity index (χ2n) is 4.54. The highest BCUT2D eigenvalue weighted by Gasteiger charge is 2.26. The summed E-state index contributed by atoms with van der Waals surface area (Å²) in [5.74, 6) is -3.45. The van der Waals surface area contributed by atoms with Crippen molar-refractivity contribution in [1.29, 1.82) is 0 Å². The molecule has 0 radical (unpaired) electrons. The molecule has 0 aromatic heterocycles. The van der Waals surface area contributed by atoms with Gasteiger partial charge in [-0.3, -0.25) is 0 Å². The first-order valence-electron chi connectivity index (χ1n) is 6.21. The van der Waals surface area contributed by atoms with Gasteiger partial charge in [0.1, 0.15) is 11.9 Å². The van der Waals surface area contributed by atoms with E-state index in [0.717, 1.165) is 6.07 Å². The third-order valence-corrected chi connectivity index (χ3v) is 3.31. The van der Waals surface area contributed by atoms with Crippen LogP contribution in [0.25, 0.3) is 0 Å². The molecule has 2 atom stereocenters. The highest BCUT2D eigenvalue weighted by Crippen LogP contribution is 2.26. The highest BCUT2D eigenvalue weighted by molar-refractivity contribution is 6.33. The Morgan fingerprint density at radius 3 is 2.48 bits per heavy atom. The van der Waals surface area contributed by atoms with E-state index in [1.165, 1.54) is 0 Å². The largest absolute Gasteiger partial charge is 0.480 e. The fourth-order valence-electron chi connectivity index (χ4n) is 1.64. The second-order valence-corrected chi connectivity index (χ2v) is 4.95. The van der Waals surface area contributed by atoms with E-state index in [-0.39, 0.29) is 10.9 Å². The van der Waals surface area contributed by atoms with Crippen molar-refractivity contribution in [3.63, 3.8) is 0 Å². The Labute approximate surface area is 125 Å². The number of carbonyl (C=O) groups is 2. The third-order valence-electron chi connectivity index (χ3n) is 3.01. The quantitative estimate of drug-likeness (QED) is 0.779. The van der Waals surface area contributed by atoms with Gasteiger partial charge in [-0.2, -0.15) is 0 Å². The highest BCUT2D eigenvalue weighted by atomic mass is 35.5. The minimum atomic E-state index is -1.20. The van der Waals surface area contributed by atoms with Crippen LogP contribution in [-0.2, 0) is 4.79 Å². The Kier molecular flexibility index (Phi) is 5.90. The average Bonchev–Trinajstić information content (AvgIpc) is 2.39. The number of carboxylic acid groups (broad SMARTS) is 1. The van der Waals surface area contributed by atoms with E-state index in [1.54, 1.807) is 13.8 Å². The number of amides is 2. The molecule has 0 fully saturated rings. The maximum atomic E-state index is 13.5. The van der Waals surface area contributed by atoms with E-state index in [9.17, 15) is 18.4 Å². The molecule has 0 aliphatic heterocycles. The smallest absolute Gasteiger partial charge is 0.326 e. The molecule has 0 bridgehead atoms. The van der Waals surface area contributed by atoms with Crippen LogP contribution < -0.4 is 10.6 Å². The van der Waals surface area contributed by atoms with Gasteiger partial charge >= 0.3 is 12.0 Å². The molecule has 1 aromatic carbocycles. The molecule has 0 aliphatic rings. The first kappa shape index (κ1) is 17.2. The number of benzene rings is 1. The van der Waals surface area contributed by atoms with Gasteiger partial charge in [0.15, 0.2) is 5.82 Å².